The molecule has 4 heteroatoms. The van der Waals surface area contributed by atoms with Gasteiger partial charge in [-0.3, -0.25) is 0 Å². The highest BCUT2D eigenvalue weighted by atomic mass is 32.2. The van der Waals surface area contributed by atoms with E-state index in [9.17, 15) is 0 Å². The summed E-state index contributed by atoms with van der Waals surface area (Å²) in [5.41, 5.74) is 1.29. The Morgan fingerprint density at radius 1 is 1.58 bits per heavy atom. The van der Waals surface area contributed by atoms with Gasteiger partial charge in [0.2, 0.25) is 5.88 Å². The Labute approximate surface area is 75.5 Å². The number of oxazole rings is 1. The Balaban J connectivity index is 2.46. The molecule has 0 aliphatic carbocycles. The molecule has 1 aromatic heterocycles. The van der Waals surface area contributed by atoms with Gasteiger partial charge in [0.1, 0.15) is 0 Å². The van der Waals surface area contributed by atoms with Gasteiger partial charge in [0.05, 0.1) is 5.03 Å². The molecule has 0 N–H and O–H groups in total. The maximum Gasteiger partial charge on any atom is 0.235 e. The molecule has 12 heavy (non-hydrogen) atoms. The first kappa shape index (κ1) is 7.73. The van der Waals surface area contributed by atoms with E-state index in [2.05, 4.69) is 18.8 Å². The van der Waals surface area contributed by atoms with Gasteiger partial charge in [0.15, 0.2) is 11.4 Å². The third-order valence-corrected chi connectivity index (χ3v) is 3.10. The first-order valence-corrected chi connectivity index (χ1v) is 4.54. The number of anilines is 1. The topological polar surface area (TPSA) is 29.3 Å². The molecule has 0 amide bonds. The second-order valence-electron chi connectivity index (χ2n) is 2.93. The average molecular weight is 182 g/mol. The van der Waals surface area contributed by atoms with Gasteiger partial charge >= 0.3 is 0 Å². The van der Waals surface area contributed by atoms with Crippen LogP contribution in [0.15, 0.2) is 26.4 Å². The van der Waals surface area contributed by atoms with E-state index in [1.807, 2.05) is 11.9 Å². The fourth-order valence-electron chi connectivity index (χ4n) is 1.21. The van der Waals surface area contributed by atoms with Crippen molar-refractivity contribution < 1.29 is 4.42 Å². The van der Waals surface area contributed by atoms with Crippen LogP contribution in [0.4, 0.5) is 5.88 Å². The molecule has 1 aliphatic rings. The molecule has 0 aromatic carbocycles. The molecule has 0 fully saturated rings. The zero-order valence-electron chi connectivity index (χ0n) is 7.29. The van der Waals surface area contributed by atoms with Gasteiger partial charge in [-0.25, -0.2) is 4.98 Å². The van der Waals surface area contributed by atoms with Gasteiger partial charge in [-0.05, 0) is 31.2 Å². The monoisotopic (exact) mass is 182 g/mol. The van der Waals surface area contributed by atoms with Crippen molar-refractivity contribution in [2.24, 2.45) is 0 Å². The molecule has 0 spiro atoms. The Morgan fingerprint density at radius 3 is 2.92 bits per heavy atom. The molecule has 0 atom stereocenters. The van der Waals surface area contributed by atoms with Crippen LogP contribution in [0.1, 0.15) is 13.8 Å². The van der Waals surface area contributed by atoms with Crippen LogP contribution >= 0.6 is 11.8 Å². The third-order valence-electron chi connectivity index (χ3n) is 1.75. The van der Waals surface area contributed by atoms with Crippen LogP contribution in [0.5, 0.6) is 0 Å². The number of thioether (sulfide) groups is 1. The highest BCUT2D eigenvalue weighted by Crippen LogP contribution is 2.45. The van der Waals surface area contributed by atoms with Gasteiger partial charge in [0.25, 0.3) is 0 Å². The minimum absolute atomic E-state index is 0.858. The van der Waals surface area contributed by atoms with Gasteiger partial charge in [-0.1, -0.05) is 0 Å². The van der Waals surface area contributed by atoms with Crippen LogP contribution in [-0.2, 0) is 0 Å². The summed E-state index contributed by atoms with van der Waals surface area (Å²) in [4.78, 5) is 6.13. The predicted octanol–water partition coefficient (Wildman–Crippen LogP) is 2.47. The second-order valence-corrected chi connectivity index (χ2v) is 3.91. The Hall–Kier alpha value is -0.900. The molecule has 64 valence electrons. The molecule has 0 radical (unpaired) electrons. The minimum atomic E-state index is 0.858. The van der Waals surface area contributed by atoms with Crippen LogP contribution < -0.4 is 4.90 Å². The number of hydrogen-bond acceptors (Lipinski definition) is 4. The average Bonchev–Trinajstić information content (AvgIpc) is 2.53. The second kappa shape index (κ2) is 2.55. The van der Waals surface area contributed by atoms with Crippen LogP contribution in [-0.4, -0.2) is 12.0 Å². The molecule has 2 heterocycles. The first-order valence-electron chi connectivity index (χ1n) is 3.72. The minimum Gasteiger partial charge on any atom is -0.426 e. The Morgan fingerprint density at radius 2 is 2.33 bits per heavy atom. The predicted molar refractivity (Wildman–Crippen MR) is 49.1 cm³/mol. The van der Waals surface area contributed by atoms with E-state index in [1.54, 1.807) is 11.8 Å². The maximum absolute atomic E-state index is 5.23. The van der Waals surface area contributed by atoms with Gasteiger partial charge < -0.3 is 9.32 Å². The summed E-state index contributed by atoms with van der Waals surface area (Å²) in [6.07, 6.45) is 1.48. The van der Waals surface area contributed by atoms with Crippen molar-refractivity contribution in [3.8, 4) is 0 Å². The highest BCUT2D eigenvalue weighted by molar-refractivity contribution is 8.03. The van der Waals surface area contributed by atoms with E-state index in [0.717, 1.165) is 10.9 Å². The van der Waals surface area contributed by atoms with Crippen LogP contribution in [0.3, 0.4) is 0 Å². The third kappa shape index (κ3) is 0.948. The number of allylic oxidation sites excluding steroid dienone is 1. The van der Waals surface area contributed by atoms with Gasteiger partial charge in [-0.2, -0.15) is 0 Å². The summed E-state index contributed by atoms with van der Waals surface area (Å²) < 4.78 is 5.23. The lowest BCUT2D eigenvalue weighted by atomic mass is 10.4. The lowest BCUT2D eigenvalue weighted by Gasteiger charge is -2.11. The van der Waals surface area contributed by atoms with E-state index in [4.69, 9.17) is 4.42 Å². The Kier molecular flexibility index (Phi) is 1.65. The standard InChI is InChI=1S/C8H10N2OS/c1-5(2)8-10(3)7-6(12-8)9-4-11-7/h4H,1-3H3. The number of nitrogens with zero attached hydrogens (tertiary/aromatic N) is 2. The molecule has 0 bridgehead atoms. The van der Waals surface area contributed by atoms with Crippen molar-refractivity contribution in [3.05, 3.63) is 17.0 Å². The molecule has 1 aliphatic heterocycles. The number of hydrogen-bond donors (Lipinski definition) is 0. The molecule has 1 aromatic rings. The van der Waals surface area contributed by atoms with Crippen LogP contribution in [0.2, 0.25) is 0 Å². The van der Waals surface area contributed by atoms with Gasteiger partial charge in [0, 0.05) is 7.05 Å². The summed E-state index contributed by atoms with van der Waals surface area (Å²) in [5, 5.41) is 2.19. The SMILES string of the molecule is CC(C)=C1Sc2ncoc2N1C. The van der Waals surface area contributed by atoms with E-state index < -0.39 is 0 Å². The summed E-state index contributed by atoms with van der Waals surface area (Å²) in [6.45, 7) is 4.18. The number of rotatable bonds is 0. The highest BCUT2D eigenvalue weighted by Gasteiger charge is 2.27. The van der Waals surface area contributed by atoms with Crippen LogP contribution in [0, 0.1) is 0 Å². The van der Waals surface area contributed by atoms with Gasteiger partial charge in [-0.15, -0.1) is 0 Å². The van der Waals surface area contributed by atoms with Crippen molar-refractivity contribution in [1.29, 1.82) is 0 Å². The van der Waals surface area contributed by atoms with Crippen molar-refractivity contribution >= 4 is 17.6 Å². The zero-order valence-corrected chi connectivity index (χ0v) is 8.10. The van der Waals surface area contributed by atoms with Crippen LogP contribution in [0.25, 0.3) is 0 Å². The van der Waals surface area contributed by atoms with Crippen molar-refractivity contribution in [1.82, 2.24) is 4.98 Å². The molecular formula is C8H10N2OS. The van der Waals surface area contributed by atoms with Crippen molar-refractivity contribution in [2.45, 2.75) is 18.9 Å². The Bertz CT molecular complexity index is 339. The summed E-state index contributed by atoms with van der Waals surface area (Å²) in [5.74, 6) is 0.858. The fraction of sp³-hybridized carbons (Fsp3) is 0.375. The van der Waals surface area contributed by atoms with E-state index >= 15 is 0 Å². The summed E-state index contributed by atoms with van der Waals surface area (Å²) in [6, 6.07) is 0. The zero-order chi connectivity index (χ0) is 8.72. The summed E-state index contributed by atoms with van der Waals surface area (Å²) >= 11 is 1.66. The van der Waals surface area contributed by atoms with Crippen molar-refractivity contribution in [3.63, 3.8) is 0 Å². The smallest absolute Gasteiger partial charge is 0.235 e. The molecule has 3 nitrogen and oxygen atoms in total. The van der Waals surface area contributed by atoms with E-state index in [1.165, 1.54) is 17.0 Å². The molecule has 0 saturated carbocycles. The first-order chi connectivity index (χ1) is 5.70. The largest absolute Gasteiger partial charge is 0.426 e. The number of aromatic nitrogens is 1. The quantitative estimate of drug-likeness (QED) is 0.616. The maximum atomic E-state index is 5.23. The van der Waals surface area contributed by atoms with E-state index in [0.29, 0.717) is 0 Å². The molecular weight excluding hydrogens is 172 g/mol. The molecule has 2 rings (SSSR count). The van der Waals surface area contributed by atoms with E-state index in [-0.39, 0.29) is 0 Å². The summed E-state index contributed by atoms with van der Waals surface area (Å²) in [7, 11) is 1.99. The van der Waals surface area contributed by atoms with Crippen molar-refractivity contribution in [2.75, 3.05) is 11.9 Å². The fourth-order valence-corrected chi connectivity index (χ4v) is 2.19. The lowest BCUT2D eigenvalue weighted by molar-refractivity contribution is 0.557. The lowest BCUT2D eigenvalue weighted by Crippen LogP contribution is -2.09. The number of fused-ring (bicyclic) bond motifs is 1. The normalized spacial score (nSPS) is 15.2. The molecule has 0 unspecified atom stereocenters. The molecule has 0 saturated heterocycles.